The van der Waals surface area contributed by atoms with Gasteiger partial charge in [-0.25, -0.2) is 0 Å². The number of nitrogens with zero attached hydrogens (tertiary/aromatic N) is 1. The number of hydrogen-bond donors (Lipinski definition) is 1. The molecule has 0 spiro atoms. The Morgan fingerprint density at radius 1 is 1.03 bits per heavy atom. The van der Waals surface area contributed by atoms with Gasteiger partial charge in [-0.2, -0.15) is 0 Å². The van der Waals surface area contributed by atoms with Gasteiger partial charge in [0.1, 0.15) is 17.5 Å². The van der Waals surface area contributed by atoms with E-state index in [0.717, 1.165) is 52.2 Å². The number of carbonyl (C=O) groups is 2. The fraction of sp³-hybridized carbons (Fsp3) is 0.400. The lowest BCUT2D eigenvalue weighted by Gasteiger charge is -2.32. The van der Waals surface area contributed by atoms with E-state index in [-0.39, 0.29) is 24.5 Å². The molecule has 1 aliphatic rings. The molecule has 1 N–H and O–H groups in total. The smallest absolute Gasteiger partial charge is 0.261 e. The number of hydrogen-bond acceptors (Lipinski definition) is 4. The van der Waals surface area contributed by atoms with Crippen molar-refractivity contribution in [3.63, 3.8) is 0 Å². The average Bonchev–Trinajstić information content (AvgIpc) is 2.93. The topological polar surface area (TPSA) is 67.9 Å². The molecule has 0 radical (unpaired) electrons. The van der Waals surface area contributed by atoms with Crippen LogP contribution in [-0.2, 0) is 16.1 Å². The number of fused-ring (bicyclic) bond motifs is 1. The molecule has 0 heterocycles. The minimum atomic E-state index is -0.583. The Bertz CT molecular complexity index is 1210. The van der Waals surface area contributed by atoms with Crippen molar-refractivity contribution in [2.75, 3.05) is 13.7 Å². The summed E-state index contributed by atoms with van der Waals surface area (Å²) in [5, 5.41) is 5.31. The molecule has 1 aliphatic carbocycles. The summed E-state index contributed by atoms with van der Waals surface area (Å²) in [5.74, 6) is 1.01. The van der Waals surface area contributed by atoms with Gasteiger partial charge in [0.25, 0.3) is 5.91 Å². The molecular weight excluding hydrogens is 532 g/mol. The van der Waals surface area contributed by atoms with Gasteiger partial charge in [-0.1, -0.05) is 68.7 Å². The Morgan fingerprint density at radius 2 is 1.76 bits per heavy atom. The molecule has 0 bridgehead atoms. The van der Waals surface area contributed by atoms with Crippen LogP contribution in [0.15, 0.2) is 65.1 Å². The van der Waals surface area contributed by atoms with Crippen LogP contribution in [0.25, 0.3) is 10.8 Å². The molecule has 3 aromatic carbocycles. The lowest BCUT2D eigenvalue weighted by molar-refractivity contribution is -0.143. The van der Waals surface area contributed by atoms with E-state index in [1.807, 2.05) is 67.6 Å². The number of rotatable bonds is 10. The van der Waals surface area contributed by atoms with E-state index in [4.69, 9.17) is 9.47 Å². The molecule has 0 saturated heterocycles. The number of ether oxygens (including phenoxy) is 2. The van der Waals surface area contributed by atoms with Gasteiger partial charge in [-0.3, -0.25) is 9.59 Å². The second-order valence-corrected chi connectivity index (χ2v) is 10.3. The minimum absolute atomic E-state index is 0.0943. The number of amides is 2. The number of methoxy groups -OCH3 is 1. The molecule has 1 atom stereocenters. The number of halogens is 1. The van der Waals surface area contributed by atoms with Gasteiger partial charge in [0.15, 0.2) is 6.61 Å². The lowest BCUT2D eigenvalue weighted by atomic mass is 9.95. The molecule has 1 saturated carbocycles. The molecule has 37 heavy (non-hydrogen) atoms. The summed E-state index contributed by atoms with van der Waals surface area (Å²) >= 11 is 3.63. The third kappa shape index (κ3) is 6.83. The van der Waals surface area contributed by atoms with Gasteiger partial charge in [-0.05, 0) is 69.7 Å². The predicted molar refractivity (Wildman–Crippen MR) is 150 cm³/mol. The monoisotopic (exact) mass is 566 g/mol. The zero-order valence-corrected chi connectivity index (χ0v) is 23.1. The van der Waals surface area contributed by atoms with E-state index in [2.05, 4.69) is 21.2 Å². The summed E-state index contributed by atoms with van der Waals surface area (Å²) in [7, 11) is 1.62. The Kier molecular flexibility index (Phi) is 9.45. The van der Waals surface area contributed by atoms with Crippen LogP contribution in [-0.4, -0.2) is 42.5 Å². The van der Waals surface area contributed by atoms with Crippen molar-refractivity contribution < 1.29 is 19.1 Å². The molecule has 3 aromatic rings. The Balaban J connectivity index is 1.53. The second-order valence-electron chi connectivity index (χ2n) is 9.52. The zero-order valence-electron chi connectivity index (χ0n) is 21.5. The van der Waals surface area contributed by atoms with Gasteiger partial charge < -0.3 is 19.7 Å². The molecule has 4 rings (SSSR count). The SMILES string of the molecule is CC[C@@H](C(=O)NC1CCCCC1)N(Cc1ccc(OC)cc1)C(=O)COc1ccc2ccccc2c1Br. The van der Waals surface area contributed by atoms with Crippen LogP contribution < -0.4 is 14.8 Å². The quantitative estimate of drug-likeness (QED) is 0.315. The standard InChI is InChI=1S/C30H35BrN2O4/c1-3-26(30(35)32-23-10-5-4-6-11-23)33(19-21-13-16-24(36-2)17-14-21)28(34)20-37-27-18-15-22-9-7-8-12-25(22)29(27)31/h7-9,12-18,23,26H,3-6,10-11,19-20H2,1-2H3,(H,32,35)/t26-/m0/s1. The molecule has 6 nitrogen and oxygen atoms in total. The first kappa shape index (κ1) is 27.0. The van der Waals surface area contributed by atoms with E-state index in [1.54, 1.807) is 12.0 Å². The third-order valence-electron chi connectivity index (χ3n) is 7.03. The summed E-state index contributed by atoms with van der Waals surface area (Å²) < 4.78 is 12.1. The van der Waals surface area contributed by atoms with E-state index >= 15 is 0 Å². The molecule has 0 unspecified atom stereocenters. The minimum Gasteiger partial charge on any atom is -0.497 e. The number of nitrogens with one attached hydrogen (secondary N) is 1. The Morgan fingerprint density at radius 3 is 2.46 bits per heavy atom. The highest BCUT2D eigenvalue weighted by atomic mass is 79.9. The molecule has 0 aromatic heterocycles. The first-order chi connectivity index (χ1) is 18.0. The van der Waals surface area contributed by atoms with E-state index in [1.165, 1.54) is 6.42 Å². The fourth-order valence-corrected chi connectivity index (χ4v) is 5.55. The summed E-state index contributed by atoms with van der Waals surface area (Å²) in [6.07, 6.45) is 5.98. The Labute approximate surface area is 227 Å². The predicted octanol–water partition coefficient (Wildman–Crippen LogP) is 6.25. The fourth-order valence-electron chi connectivity index (χ4n) is 4.94. The van der Waals surface area contributed by atoms with Crippen molar-refractivity contribution >= 4 is 38.5 Å². The first-order valence-electron chi connectivity index (χ1n) is 13.0. The van der Waals surface area contributed by atoms with Crippen LogP contribution in [0.4, 0.5) is 0 Å². The average molecular weight is 568 g/mol. The van der Waals surface area contributed by atoms with Gasteiger partial charge in [0, 0.05) is 12.6 Å². The maximum absolute atomic E-state index is 13.6. The van der Waals surface area contributed by atoms with E-state index in [0.29, 0.717) is 18.7 Å². The molecular formula is C30H35BrN2O4. The van der Waals surface area contributed by atoms with Crippen LogP contribution in [0.3, 0.4) is 0 Å². The maximum atomic E-state index is 13.6. The van der Waals surface area contributed by atoms with Crippen LogP contribution >= 0.6 is 15.9 Å². The lowest BCUT2D eigenvalue weighted by Crippen LogP contribution is -2.52. The highest BCUT2D eigenvalue weighted by Gasteiger charge is 2.30. The Hall–Kier alpha value is -3.06. The first-order valence-corrected chi connectivity index (χ1v) is 13.8. The van der Waals surface area contributed by atoms with Crippen molar-refractivity contribution in [1.82, 2.24) is 10.2 Å². The summed E-state index contributed by atoms with van der Waals surface area (Å²) in [4.78, 5) is 28.6. The van der Waals surface area contributed by atoms with Crippen molar-refractivity contribution in [3.05, 3.63) is 70.7 Å². The summed E-state index contributed by atoms with van der Waals surface area (Å²) in [6.45, 7) is 2.09. The summed E-state index contributed by atoms with van der Waals surface area (Å²) in [5.41, 5.74) is 0.921. The van der Waals surface area contributed by atoms with Gasteiger partial charge >= 0.3 is 0 Å². The molecule has 2 amide bonds. The van der Waals surface area contributed by atoms with E-state index in [9.17, 15) is 9.59 Å². The van der Waals surface area contributed by atoms with E-state index < -0.39 is 6.04 Å². The van der Waals surface area contributed by atoms with Crippen molar-refractivity contribution in [2.45, 2.75) is 64.1 Å². The van der Waals surface area contributed by atoms with Crippen molar-refractivity contribution in [3.8, 4) is 11.5 Å². The van der Waals surface area contributed by atoms with Crippen LogP contribution in [0.1, 0.15) is 51.0 Å². The summed E-state index contributed by atoms with van der Waals surface area (Å²) in [6, 6.07) is 19.0. The van der Waals surface area contributed by atoms with Crippen LogP contribution in [0, 0.1) is 0 Å². The van der Waals surface area contributed by atoms with Crippen LogP contribution in [0.2, 0.25) is 0 Å². The molecule has 7 heteroatoms. The zero-order chi connectivity index (χ0) is 26.2. The normalized spacial score (nSPS) is 14.7. The number of carbonyl (C=O) groups excluding carboxylic acids is 2. The van der Waals surface area contributed by atoms with Gasteiger partial charge in [0.2, 0.25) is 5.91 Å². The second kappa shape index (κ2) is 13.0. The third-order valence-corrected chi connectivity index (χ3v) is 7.85. The largest absolute Gasteiger partial charge is 0.497 e. The van der Waals surface area contributed by atoms with Crippen molar-refractivity contribution in [2.24, 2.45) is 0 Å². The van der Waals surface area contributed by atoms with Gasteiger partial charge in [0.05, 0.1) is 11.6 Å². The number of benzene rings is 3. The molecule has 0 aliphatic heterocycles. The van der Waals surface area contributed by atoms with Crippen molar-refractivity contribution in [1.29, 1.82) is 0 Å². The molecule has 1 fully saturated rings. The molecule has 196 valence electrons. The highest BCUT2D eigenvalue weighted by molar-refractivity contribution is 9.10. The highest BCUT2D eigenvalue weighted by Crippen LogP contribution is 2.33. The van der Waals surface area contributed by atoms with Crippen LogP contribution in [0.5, 0.6) is 11.5 Å². The maximum Gasteiger partial charge on any atom is 0.261 e. The van der Waals surface area contributed by atoms with Gasteiger partial charge in [-0.15, -0.1) is 0 Å².